The van der Waals surface area contributed by atoms with Gasteiger partial charge >= 0.3 is 0 Å². The number of nitrogens with one attached hydrogen (secondary N) is 4. The van der Waals surface area contributed by atoms with Gasteiger partial charge in [0.05, 0.1) is 17.1 Å². The number of benzene rings is 1. The highest BCUT2D eigenvalue weighted by Gasteiger charge is 2.30. The Balaban J connectivity index is 1.30. The zero-order chi connectivity index (χ0) is 29.9. The van der Waals surface area contributed by atoms with Crippen molar-refractivity contribution < 1.29 is 13.2 Å². The van der Waals surface area contributed by atoms with Gasteiger partial charge in [-0.25, -0.2) is 23.1 Å². The first kappa shape index (κ1) is 30.1. The molecule has 1 saturated carbocycles. The van der Waals surface area contributed by atoms with Crippen molar-refractivity contribution in [3.8, 4) is 11.4 Å². The van der Waals surface area contributed by atoms with Gasteiger partial charge in [-0.15, -0.1) is 0 Å². The molecule has 0 saturated heterocycles. The molecular weight excluding hydrogens is 552 g/mol. The van der Waals surface area contributed by atoms with E-state index in [1.165, 1.54) is 0 Å². The first-order valence-electron chi connectivity index (χ1n) is 15.0. The zero-order valence-electron chi connectivity index (χ0n) is 25.0. The van der Waals surface area contributed by atoms with Crippen LogP contribution >= 0.6 is 0 Å². The number of anilines is 2. The van der Waals surface area contributed by atoms with Crippen LogP contribution in [0.1, 0.15) is 72.3 Å². The van der Waals surface area contributed by atoms with Crippen molar-refractivity contribution in [3.63, 3.8) is 0 Å². The molecule has 3 aromatic rings. The summed E-state index contributed by atoms with van der Waals surface area (Å²) < 4.78 is 29.1. The van der Waals surface area contributed by atoms with Crippen molar-refractivity contribution in [2.75, 3.05) is 30.0 Å². The third-order valence-corrected chi connectivity index (χ3v) is 9.79. The molecule has 0 radical (unpaired) electrons. The Morgan fingerprint density at radius 2 is 1.74 bits per heavy atom. The zero-order valence-corrected chi connectivity index (χ0v) is 25.8. The average Bonchev–Trinajstić information content (AvgIpc) is 3.34. The molecule has 0 aliphatic heterocycles. The van der Waals surface area contributed by atoms with E-state index in [0.717, 1.165) is 84.3 Å². The van der Waals surface area contributed by atoms with Gasteiger partial charge in [0.25, 0.3) is 5.91 Å². The molecule has 1 amide bonds. The van der Waals surface area contributed by atoms with Crippen molar-refractivity contribution >= 4 is 27.6 Å². The van der Waals surface area contributed by atoms with E-state index < -0.39 is 10.0 Å². The van der Waals surface area contributed by atoms with Gasteiger partial charge in [-0.05, 0) is 75.1 Å². The number of fused-ring (bicyclic) bond motifs is 3. The highest BCUT2D eigenvalue weighted by molar-refractivity contribution is 7.89. The van der Waals surface area contributed by atoms with Crippen molar-refractivity contribution in [2.24, 2.45) is 7.05 Å². The van der Waals surface area contributed by atoms with E-state index in [-0.39, 0.29) is 23.7 Å². The van der Waals surface area contributed by atoms with Gasteiger partial charge in [-0.2, -0.15) is 5.10 Å². The maximum absolute atomic E-state index is 13.6. The van der Waals surface area contributed by atoms with Crippen LogP contribution in [0.15, 0.2) is 24.4 Å². The number of rotatable bonds is 11. The Hall–Kier alpha value is -3.35. The van der Waals surface area contributed by atoms with Gasteiger partial charge in [0, 0.05) is 43.1 Å². The molecule has 2 heterocycles. The van der Waals surface area contributed by atoms with Gasteiger partial charge in [0.15, 0.2) is 5.69 Å². The SMILES string of the molecule is CCc1cccc(CC)c1NC(=O)c1nn(C)c2c1CCc1cnc(N[C@H]3CC[C@H](NS(=O)(=O)CCNC)CC3)nc1-2. The summed E-state index contributed by atoms with van der Waals surface area (Å²) in [6.45, 7) is 4.61. The summed E-state index contributed by atoms with van der Waals surface area (Å²) in [6.07, 6.45) is 8.11. The van der Waals surface area contributed by atoms with E-state index in [9.17, 15) is 13.2 Å². The van der Waals surface area contributed by atoms with Gasteiger partial charge < -0.3 is 16.0 Å². The van der Waals surface area contributed by atoms with Crippen LogP contribution in [0.5, 0.6) is 0 Å². The summed E-state index contributed by atoms with van der Waals surface area (Å²) in [6, 6.07) is 6.26. The predicted octanol–water partition coefficient (Wildman–Crippen LogP) is 3.21. The molecule has 2 aliphatic rings. The molecule has 0 atom stereocenters. The number of carbonyl (C=O) groups excluding carboxylic acids is 1. The van der Waals surface area contributed by atoms with Crippen molar-refractivity contribution in [3.05, 3.63) is 52.3 Å². The number of amides is 1. The largest absolute Gasteiger partial charge is 0.351 e. The van der Waals surface area contributed by atoms with E-state index in [4.69, 9.17) is 4.98 Å². The standard InChI is InChI=1S/C30H42N8O3S/c1-5-19-8-7-9-20(6-2)25(19)34-29(39)27-24-15-10-21-18-32-30(35-26(21)28(24)38(4)36-27)33-22-11-13-23(14-12-22)37-42(40,41)17-16-31-3/h7-9,18,22-23,31,37H,5-6,10-17H2,1-4H3,(H,34,39)(H,32,33,35)/t22-,23-. The number of nitrogens with zero attached hydrogens (tertiary/aromatic N) is 4. The fourth-order valence-electron chi connectivity index (χ4n) is 6.07. The molecule has 4 N–H and O–H groups in total. The lowest BCUT2D eigenvalue weighted by Crippen LogP contribution is -2.42. The quantitative estimate of drug-likeness (QED) is 0.265. The highest BCUT2D eigenvalue weighted by Crippen LogP contribution is 2.35. The molecule has 2 aromatic heterocycles. The molecule has 5 rings (SSSR count). The van der Waals surface area contributed by atoms with Crippen LogP contribution in [-0.2, 0) is 42.8 Å². The number of para-hydroxylation sites is 1. The molecule has 0 spiro atoms. The molecule has 11 nitrogen and oxygen atoms in total. The fraction of sp³-hybridized carbons (Fsp3) is 0.533. The monoisotopic (exact) mass is 594 g/mol. The third kappa shape index (κ3) is 6.50. The summed E-state index contributed by atoms with van der Waals surface area (Å²) >= 11 is 0. The maximum atomic E-state index is 13.6. The third-order valence-electron chi connectivity index (χ3n) is 8.36. The lowest BCUT2D eigenvalue weighted by Gasteiger charge is -2.29. The van der Waals surface area contributed by atoms with Crippen LogP contribution in [0.2, 0.25) is 0 Å². The molecule has 12 heteroatoms. The number of aryl methyl sites for hydroxylation is 4. The van der Waals surface area contributed by atoms with E-state index in [0.29, 0.717) is 24.6 Å². The van der Waals surface area contributed by atoms with Crippen LogP contribution in [-0.4, -0.2) is 65.5 Å². The van der Waals surface area contributed by atoms with Gasteiger partial charge in [0.2, 0.25) is 16.0 Å². The molecule has 1 aromatic carbocycles. The molecule has 42 heavy (non-hydrogen) atoms. The Morgan fingerprint density at radius 3 is 2.40 bits per heavy atom. The molecule has 0 bridgehead atoms. The molecule has 0 unspecified atom stereocenters. The van der Waals surface area contributed by atoms with E-state index in [1.54, 1.807) is 11.7 Å². The molecule has 1 fully saturated rings. The summed E-state index contributed by atoms with van der Waals surface area (Å²) in [5, 5.41) is 14.2. The first-order valence-corrected chi connectivity index (χ1v) is 16.6. The minimum atomic E-state index is -3.29. The molecule has 2 aliphatic carbocycles. The summed E-state index contributed by atoms with van der Waals surface area (Å²) in [4.78, 5) is 23.1. The number of hydrogen-bond acceptors (Lipinski definition) is 8. The lowest BCUT2D eigenvalue weighted by atomic mass is 9.92. The number of sulfonamides is 1. The van der Waals surface area contributed by atoms with Crippen LogP contribution in [0.3, 0.4) is 0 Å². The molecule has 226 valence electrons. The smallest absolute Gasteiger partial charge is 0.276 e. The van der Waals surface area contributed by atoms with Gasteiger partial charge in [0.1, 0.15) is 0 Å². The Labute approximate surface area is 248 Å². The second-order valence-corrected chi connectivity index (χ2v) is 13.1. The second kappa shape index (κ2) is 12.9. The Bertz CT molecular complexity index is 1520. The van der Waals surface area contributed by atoms with E-state index in [2.05, 4.69) is 56.7 Å². The van der Waals surface area contributed by atoms with Crippen molar-refractivity contribution in [1.29, 1.82) is 0 Å². The van der Waals surface area contributed by atoms with Crippen LogP contribution in [0.4, 0.5) is 11.6 Å². The lowest BCUT2D eigenvalue weighted by molar-refractivity contribution is 0.102. The van der Waals surface area contributed by atoms with Crippen molar-refractivity contribution in [2.45, 2.75) is 77.3 Å². The summed E-state index contributed by atoms with van der Waals surface area (Å²) in [7, 11) is 0.317. The fourth-order valence-corrected chi connectivity index (χ4v) is 7.40. The highest BCUT2D eigenvalue weighted by atomic mass is 32.2. The Morgan fingerprint density at radius 1 is 1.05 bits per heavy atom. The van der Waals surface area contributed by atoms with Crippen molar-refractivity contribution in [1.82, 2.24) is 29.8 Å². The van der Waals surface area contributed by atoms with E-state index >= 15 is 0 Å². The minimum absolute atomic E-state index is 0.0476. The normalized spacial score (nSPS) is 18.3. The van der Waals surface area contributed by atoms with Crippen LogP contribution < -0.4 is 20.7 Å². The summed E-state index contributed by atoms with van der Waals surface area (Å²) in [5.74, 6) is 0.420. The van der Waals surface area contributed by atoms with Crippen LogP contribution in [0, 0.1) is 0 Å². The number of aromatic nitrogens is 4. The predicted molar refractivity (Wildman–Crippen MR) is 165 cm³/mol. The van der Waals surface area contributed by atoms with Crippen LogP contribution in [0.25, 0.3) is 11.4 Å². The average molecular weight is 595 g/mol. The Kier molecular flexibility index (Phi) is 9.24. The number of carbonyl (C=O) groups is 1. The van der Waals surface area contributed by atoms with Gasteiger partial charge in [-0.1, -0.05) is 32.0 Å². The first-order chi connectivity index (χ1) is 20.2. The van der Waals surface area contributed by atoms with E-state index in [1.807, 2.05) is 19.3 Å². The molecular formula is C30H42N8O3S. The minimum Gasteiger partial charge on any atom is -0.351 e. The number of hydrogen-bond donors (Lipinski definition) is 4. The topological polar surface area (TPSA) is 143 Å². The van der Waals surface area contributed by atoms with Gasteiger partial charge in [-0.3, -0.25) is 9.48 Å². The second-order valence-electron chi connectivity index (χ2n) is 11.2. The maximum Gasteiger partial charge on any atom is 0.276 e. The summed E-state index contributed by atoms with van der Waals surface area (Å²) in [5.41, 5.74) is 7.15.